The summed E-state index contributed by atoms with van der Waals surface area (Å²) in [4.78, 5) is 13.6. The monoisotopic (exact) mass is 301 g/mol. The molecular formula is C17H23N3O2. The maximum absolute atomic E-state index is 11.4. The number of nitrogens with zero attached hydrogens (tertiary/aromatic N) is 3. The topological polar surface area (TPSA) is 58.4 Å². The van der Waals surface area contributed by atoms with E-state index in [9.17, 15) is 9.90 Å². The summed E-state index contributed by atoms with van der Waals surface area (Å²) in [6.45, 7) is 6.62. The highest BCUT2D eigenvalue weighted by Crippen LogP contribution is 2.27. The van der Waals surface area contributed by atoms with E-state index in [1.807, 2.05) is 23.7 Å². The minimum Gasteiger partial charge on any atom is -0.481 e. The maximum Gasteiger partial charge on any atom is 0.308 e. The van der Waals surface area contributed by atoms with Gasteiger partial charge in [-0.05, 0) is 39.3 Å². The number of hydrogen-bond acceptors (Lipinski definition) is 3. The number of fused-ring (bicyclic) bond motifs is 1. The predicted molar refractivity (Wildman–Crippen MR) is 85.6 cm³/mol. The molecule has 1 aliphatic rings. The predicted octanol–water partition coefficient (Wildman–Crippen LogP) is 2.74. The van der Waals surface area contributed by atoms with Crippen LogP contribution in [0.15, 0.2) is 24.3 Å². The van der Waals surface area contributed by atoms with Crippen LogP contribution in [0.3, 0.4) is 0 Å². The number of rotatable bonds is 4. The lowest BCUT2D eigenvalue weighted by Gasteiger charge is -2.37. The molecule has 0 unspecified atom stereocenters. The zero-order valence-electron chi connectivity index (χ0n) is 13.2. The molecule has 3 rings (SSSR count). The number of hydrogen-bond donors (Lipinski definition) is 1. The molecule has 0 saturated carbocycles. The number of para-hydroxylation sites is 1. The highest BCUT2D eigenvalue weighted by atomic mass is 16.4. The van der Waals surface area contributed by atoms with Gasteiger partial charge in [0.25, 0.3) is 0 Å². The van der Waals surface area contributed by atoms with Gasteiger partial charge in [-0.1, -0.05) is 18.2 Å². The zero-order valence-corrected chi connectivity index (χ0v) is 13.2. The number of carboxylic acid groups (broad SMARTS) is 1. The largest absolute Gasteiger partial charge is 0.481 e. The smallest absolute Gasteiger partial charge is 0.308 e. The van der Waals surface area contributed by atoms with Crippen molar-refractivity contribution in [2.24, 2.45) is 5.92 Å². The number of aliphatic carboxylic acids is 1. The molecule has 0 aliphatic carbocycles. The highest BCUT2D eigenvalue weighted by Gasteiger charge is 2.33. The molecule has 0 bridgehead atoms. The van der Waals surface area contributed by atoms with Gasteiger partial charge in [-0.3, -0.25) is 14.4 Å². The number of aryl methyl sites for hydroxylation is 1. The molecule has 2 atom stereocenters. The van der Waals surface area contributed by atoms with Gasteiger partial charge in [0.15, 0.2) is 0 Å². The van der Waals surface area contributed by atoms with Gasteiger partial charge in [0.2, 0.25) is 0 Å². The second-order valence-corrected chi connectivity index (χ2v) is 6.08. The molecule has 1 saturated heterocycles. The van der Waals surface area contributed by atoms with Crippen LogP contribution in [0.2, 0.25) is 0 Å². The van der Waals surface area contributed by atoms with Gasteiger partial charge in [-0.2, -0.15) is 5.10 Å². The molecule has 2 aromatic rings. The summed E-state index contributed by atoms with van der Waals surface area (Å²) < 4.78 is 2.02. The molecule has 1 fully saturated rings. The van der Waals surface area contributed by atoms with Gasteiger partial charge < -0.3 is 5.11 Å². The van der Waals surface area contributed by atoms with E-state index in [0.29, 0.717) is 0 Å². The van der Waals surface area contributed by atoms with Crippen molar-refractivity contribution >= 4 is 16.9 Å². The van der Waals surface area contributed by atoms with Crippen molar-refractivity contribution in [1.82, 2.24) is 14.7 Å². The molecule has 5 heteroatoms. The third kappa shape index (κ3) is 2.61. The van der Waals surface area contributed by atoms with E-state index in [1.54, 1.807) is 0 Å². The molecular weight excluding hydrogens is 278 g/mol. The van der Waals surface area contributed by atoms with E-state index >= 15 is 0 Å². The van der Waals surface area contributed by atoms with Gasteiger partial charge in [-0.25, -0.2) is 0 Å². The number of carbonyl (C=O) groups is 1. The molecule has 0 radical (unpaired) electrons. The number of likely N-dealkylation sites (tertiary alicyclic amines) is 1. The average Bonchev–Trinajstić information content (AvgIpc) is 2.87. The van der Waals surface area contributed by atoms with Crippen LogP contribution in [0.25, 0.3) is 10.9 Å². The molecule has 22 heavy (non-hydrogen) atoms. The molecule has 1 aromatic heterocycles. The van der Waals surface area contributed by atoms with Crippen LogP contribution in [0.5, 0.6) is 0 Å². The van der Waals surface area contributed by atoms with Crippen molar-refractivity contribution < 1.29 is 9.90 Å². The molecule has 1 aromatic carbocycles. The fourth-order valence-electron chi connectivity index (χ4n) is 3.51. The minimum atomic E-state index is -0.679. The fourth-order valence-corrected chi connectivity index (χ4v) is 3.51. The summed E-state index contributed by atoms with van der Waals surface area (Å²) in [7, 11) is 0. The first kappa shape index (κ1) is 15.0. The summed E-state index contributed by atoms with van der Waals surface area (Å²) >= 11 is 0. The zero-order chi connectivity index (χ0) is 15.7. The lowest BCUT2D eigenvalue weighted by molar-refractivity contribution is -0.145. The summed E-state index contributed by atoms with van der Waals surface area (Å²) in [5.41, 5.74) is 2.20. The van der Waals surface area contributed by atoms with Crippen LogP contribution in [-0.2, 0) is 17.9 Å². The van der Waals surface area contributed by atoms with Crippen LogP contribution >= 0.6 is 0 Å². The minimum absolute atomic E-state index is 0.0526. The summed E-state index contributed by atoms with van der Waals surface area (Å²) in [5.74, 6) is -0.950. The second-order valence-electron chi connectivity index (χ2n) is 6.08. The van der Waals surface area contributed by atoms with Crippen molar-refractivity contribution in [3.05, 3.63) is 30.0 Å². The summed E-state index contributed by atoms with van der Waals surface area (Å²) in [6, 6.07) is 8.32. The Balaban J connectivity index is 1.88. The van der Waals surface area contributed by atoms with Gasteiger partial charge in [0.1, 0.15) is 0 Å². The first-order chi connectivity index (χ1) is 10.6. The Morgan fingerprint density at radius 1 is 1.41 bits per heavy atom. The first-order valence-corrected chi connectivity index (χ1v) is 8.03. The highest BCUT2D eigenvalue weighted by molar-refractivity contribution is 5.81. The summed E-state index contributed by atoms with van der Waals surface area (Å²) in [5, 5.41) is 15.3. The fraction of sp³-hybridized carbons (Fsp3) is 0.529. The third-order valence-electron chi connectivity index (χ3n) is 4.82. The SMILES string of the molecule is CCn1nc(CN2CCC[C@H](C(=O)O)[C@@H]2C)c2ccccc21. The van der Waals surface area contributed by atoms with E-state index in [2.05, 4.69) is 24.0 Å². The lowest BCUT2D eigenvalue weighted by Crippen LogP contribution is -2.45. The number of piperidine rings is 1. The van der Waals surface area contributed by atoms with Crippen LogP contribution in [0, 0.1) is 5.92 Å². The Kier molecular flexibility index (Phi) is 4.16. The second kappa shape index (κ2) is 6.08. The van der Waals surface area contributed by atoms with Crippen LogP contribution in [0.4, 0.5) is 0 Å². The Labute approximate surface area is 130 Å². The van der Waals surface area contributed by atoms with E-state index in [1.165, 1.54) is 5.39 Å². The van der Waals surface area contributed by atoms with Crippen LogP contribution in [-0.4, -0.2) is 38.3 Å². The van der Waals surface area contributed by atoms with Crippen molar-refractivity contribution in [1.29, 1.82) is 0 Å². The van der Waals surface area contributed by atoms with E-state index in [-0.39, 0.29) is 12.0 Å². The summed E-state index contributed by atoms with van der Waals surface area (Å²) in [6.07, 6.45) is 1.71. The van der Waals surface area contributed by atoms with Crippen molar-refractivity contribution in [2.75, 3.05) is 6.54 Å². The van der Waals surface area contributed by atoms with Crippen molar-refractivity contribution in [3.8, 4) is 0 Å². The van der Waals surface area contributed by atoms with E-state index in [0.717, 1.165) is 43.7 Å². The molecule has 5 nitrogen and oxygen atoms in total. The molecule has 0 spiro atoms. The number of benzene rings is 1. The Hall–Kier alpha value is -1.88. The van der Waals surface area contributed by atoms with Crippen LogP contribution in [0.1, 0.15) is 32.4 Å². The van der Waals surface area contributed by atoms with Gasteiger partial charge in [0, 0.05) is 24.5 Å². The van der Waals surface area contributed by atoms with E-state index < -0.39 is 5.97 Å². The molecule has 1 aliphatic heterocycles. The van der Waals surface area contributed by atoms with Crippen molar-refractivity contribution in [3.63, 3.8) is 0 Å². The molecule has 0 amide bonds. The van der Waals surface area contributed by atoms with Crippen LogP contribution < -0.4 is 0 Å². The third-order valence-corrected chi connectivity index (χ3v) is 4.82. The van der Waals surface area contributed by atoms with Gasteiger partial charge in [0.05, 0.1) is 17.1 Å². The van der Waals surface area contributed by atoms with Crippen molar-refractivity contribution in [2.45, 2.75) is 45.8 Å². The average molecular weight is 301 g/mol. The quantitative estimate of drug-likeness (QED) is 0.943. The molecule has 2 heterocycles. The normalized spacial score (nSPS) is 23.0. The number of aromatic nitrogens is 2. The molecule has 1 N–H and O–H groups in total. The Morgan fingerprint density at radius 2 is 2.18 bits per heavy atom. The van der Waals surface area contributed by atoms with Gasteiger partial charge in [-0.15, -0.1) is 0 Å². The Bertz CT molecular complexity index is 680. The van der Waals surface area contributed by atoms with E-state index in [4.69, 9.17) is 5.10 Å². The molecule has 118 valence electrons. The number of carboxylic acids is 1. The van der Waals surface area contributed by atoms with Gasteiger partial charge >= 0.3 is 5.97 Å². The standard InChI is InChI=1S/C17H23N3O2/c1-3-20-16-9-5-4-7-14(16)15(18-20)11-19-10-6-8-13(12(19)2)17(21)22/h4-5,7,9,12-13H,3,6,8,10-11H2,1-2H3,(H,21,22)/t12-,13-/m0/s1. The maximum atomic E-state index is 11.4. The Morgan fingerprint density at radius 3 is 2.91 bits per heavy atom. The lowest BCUT2D eigenvalue weighted by atomic mass is 9.90. The first-order valence-electron chi connectivity index (χ1n) is 8.03.